The predicted molar refractivity (Wildman–Crippen MR) is 71.5 cm³/mol. The molecule has 7 nitrogen and oxygen atoms in total. The second-order valence-electron chi connectivity index (χ2n) is 3.94. The fourth-order valence-corrected chi connectivity index (χ4v) is 2.65. The number of H-pyrrole nitrogens is 1. The number of aromatic amines is 1. The van der Waals surface area contributed by atoms with Gasteiger partial charge >= 0.3 is 0 Å². The van der Waals surface area contributed by atoms with Crippen molar-refractivity contribution in [3.05, 3.63) is 30.0 Å². The largest absolute Gasteiger partial charge is 0.495 e. The molecule has 1 heterocycles. The van der Waals surface area contributed by atoms with Gasteiger partial charge in [-0.1, -0.05) is 0 Å². The highest BCUT2D eigenvalue weighted by Crippen LogP contribution is 2.25. The summed E-state index contributed by atoms with van der Waals surface area (Å²) in [6.07, 6.45) is 1.53. The molecule has 19 heavy (non-hydrogen) atoms. The van der Waals surface area contributed by atoms with Crippen LogP contribution in [-0.4, -0.2) is 25.7 Å². The lowest BCUT2D eigenvalue weighted by molar-refractivity contribution is 0.416. The molecule has 2 aromatic rings. The second-order valence-corrected chi connectivity index (χ2v) is 5.62. The van der Waals surface area contributed by atoms with E-state index in [0.717, 1.165) is 0 Å². The van der Waals surface area contributed by atoms with Gasteiger partial charge < -0.3 is 10.5 Å². The molecule has 1 aromatic carbocycles. The number of aryl methyl sites for hydroxylation is 1. The molecule has 4 N–H and O–H groups in total. The van der Waals surface area contributed by atoms with Gasteiger partial charge in [-0.05, 0) is 25.1 Å². The molecule has 8 heteroatoms. The van der Waals surface area contributed by atoms with Crippen LogP contribution in [0.15, 0.2) is 29.3 Å². The monoisotopic (exact) mass is 282 g/mol. The Bertz CT molecular complexity index is 694. The Morgan fingerprint density at radius 1 is 1.42 bits per heavy atom. The van der Waals surface area contributed by atoms with Crippen LogP contribution in [0.5, 0.6) is 5.75 Å². The molecule has 0 saturated carbocycles. The number of anilines is 2. The molecule has 1 aromatic heterocycles. The van der Waals surface area contributed by atoms with Crippen molar-refractivity contribution >= 4 is 21.5 Å². The first-order chi connectivity index (χ1) is 8.94. The summed E-state index contributed by atoms with van der Waals surface area (Å²) in [7, 11) is -2.25. The first-order valence-corrected chi connectivity index (χ1v) is 6.88. The molecule has 0 atom stereocenters. The third-order valence-electron chi connectivity index (χ3n) is 2.58. The number of nitrogens with zero attached hydrogens (tertiary/aromatic N) is 1. The molecule has 2 rings (SSSR count). The number of nitrogens with two attached hydrogens (primary N) is 1. The second kappa shape index (κ2) is 4.81. The first-order valence-electron chi connectivity index (χ1n) is 5.40. The Hall–Kier alpha value is -2.22. The molecule has 0 aliphatic heterocycles. The zero-order chi connectivity index (χ0) is 14.0. The van der Waals surface area contributed by atoms with Crippen molar-refractivity contribution in [2.45, 2.75) is 11.8 Å². The average molecular weight is 282 g/mol. The van der Waals surface area contributed by atoms with Crippen LogP contribution in [0.1, 0.15) is 5.56 Å². The molecular weight excluding hydrogens is 268 g/mol. The highest BCUT2D eigenvalue weighted by molar-refractivity contribution is 7.92. The van der Waals surface area contributed by atoms with Gasteiger partial charge in [-0.25, -0.2) is 8.42 Å². The molecule has 0 fully saturated rings. The summed E-state index contributed by atoms with van der Waals surface area (Å²) < 4.78 is 31.7. The highest BCUT2D eigenvalue weighted by Gasteiger charge is 2.17. The number of nitrogens with one attached hydrogen (secondary N) is 2. The van der Waals surface area contributed by atoms with E-state index in [1.165, 1.54) is 31.5 Å². The van der Waals surface area contributed by atoms with E-state index in [1.807, 2.05) is 0 Å². The van der Waals surface area contributed by atoms with Crippen LogP contribution in [0.2, 0.25) is 0 Å². The topological polar surface area (TPSA) is 110 Å². The normalized spacial score (nSPS) is 11.3. The third-order valence-corrected chi connectivity index (χ3v) is 3.92. The van der Waals surface area contributed by atoms with E-state index in [-0.39, 0.29) is 10.6 Å². The van der Waals surface area contributed by atoms with Gasteiger partial charge in [0.25, 0.3) is 10.0 Å². The van der Waals surface area contributed by atoms with E-state index in [2.05, 4.69) is 14.9 Å². The maximum Gasteiger partial charge on any atom is 0.263 e. The van der Waals surface area contributed by atoms with E-state index >= 15 is 0 Å². The lowest BCUT2D eigenvalue weighted by Gasteiger charge is -2.09. The van der Waals surface area contributed by atoms with Gasteiger partial charge in [0.05, 0.1) is 23.9 Å². The van der Waals surface area contributed by atoms with Crippen molar-refractivity contribution in [3.8, 4) is 5.75 Å². The van der Waals surface area contributed by atoms with Crippen LogP contribution >= 0.6 is 0 Å². The Morgan fingerprint density at radius 3 is 2.68 bits per heavy atom. The minimum Gasteiger partial charge on any atom is -0.495 e. The molecule has 0 unspecified atom stereocenters. The van der Waals surface area contributed by atoms with Gasteiger partial charge in [-0.3, -0.25) is 9.82 Å². The summed E-state index contributed by atoms with van der Waals surface area (Å²) in [5.74, 6) is 0.756. The number of rotatable bonds is 4. The molecule has 0 spiro atoms. The van der Waals surface area contributed by atoms with Gasteiger partial charge in [0, 0.05) is 5.56 Å². The zero-order valence-electron chi connectivity index (χ0n) is 10.5. The van der Waals surface area contributed by atoms with Crippen molar-refractivity contribution in [1.29, 1.82) is 0 Å². The maximum atomic E-state index is 12.1. The summed E-state index contributed by atoms with van der Waals surface area (Å²) >= 11 is 0. The number of sulfonamides is 1. The average Bonchev–Trinajstić information content (AvgIpc) is 2.74. The minimum absolute atomic E-state index is 0.0554. The molecule has 0 bridgehead atoms. The van der Waals surface area contributed by atoms with E-state index in [0.29, 0.717) is 17.1 Å². The minimum atomic E-state index is -3.71. The van der Waals surface area contributed by atoms with Crippen LogP contribution in [0.25, 0.3) is 0 Å². The molecule has 0 saturated heterocycles. The number of ether oxygens (including phenoxy) is 1. The zero-order valence-corrected chi connectivity index (χ0v) is 11.3. The van der Waals surface area contributed by atoms with E-state index in [9.17, 15) is 8.42 Å². The van der Waals surface area contributed by atoms with Gasteiger partial charge in [0.1, 0.15) is 11.6 Å². The van der Waals surface area contributed by atoms with Crippen LogP contribution < -0.4 is 15.2 Å². The summed E-state index contributed by atoms with van der Waals surface area (Å²) in [4.78, 5) is 0.0554. The Balaban J connectivity index is 2.35. The lowest BCUT2D eigenvalue weighted by Crippen LogP contribution is -2.14. The molecule has 0 aliphatic rings. The highest BCUT2D eigenvalue weighted by atomic mass is 32.2. The quantitative estimate of drug-likeness (QED) is 0.728. The number of nitrogen functional groups attached to an aromatic ring is 1. The van der Waals surface area contributed by atoms with Crippen LogP contribution in [0.4, 0.5) is 11.5 Å². The van der Waals surface area contributed by atoms with E-state index in [4.69, 9.17) is 10.5 Å². The maximum absolute atomic E-state index is 12.1. The first kappa shape index (κ1) is 13.2. The molecule has 0 amide bonds. The number of methoxy groups -OCH3 is 1. The van der Waals surface area contributed by atoms with Crippen molar-refractivity contribution < 1.29 is 13.2 Å². The van der Waals surface area contributed by atoms with Crippen molar-refractivity contribution in [2.75, 3.05) is 17.6 Å². The number of benzene rings is 1. The van der Waals surface area contributed by atoms with Crippen molar-refractivity contribution in [3.63, 3.8) is 0 Å². The summed E-state index contributed by atoms with van der Waals surface area (Å²) in [5, 5.41) is 6.32. The van der Waals surface area contributed by atoms with Gasteiger partial charge in [-0.2, -0.15) is 5.10 Å². The van der Waals surface area contributed by atoms with Gasteiger partial charge in [0.2, 0.25) is 0 Å². The van der Waals surface area contributed by atoms with E-state index in [1.54, 1.807) is 6.92 Å². The standard InChI is InChI=1S/C11H14N4O3S/c1-7-6-13-14-11(7)15-19(16,17)8-3-4-10(18-2)9(12)5-8/h3-6H,12H2,1-2H3,(H2,13,14,15). The number of hydrogen-bond acceptors (Lipinski definition) is 5. The fraction of sp³-hybridized carbons (Fsp3) is 0.182. The summed E-state index contributed by atoms with van der Waals surface area (Å²) in [6.45, 7) is 1.74. The fourth-order valence-electron chi connectivity index (χ4n) is 1.52. The third kappa shape index (κ3) is 2.63. The molecular formula is C11H14N4O3S. The molecule has 0 aliphatic carbocycles. The summed E-state index contributed by atoms with van der Waals surface area (Å²) in [5.41, 5.74) is 6.65. The van der Waals surface area contributed by atoms with Crippen LogP contribution in [0.3, 0.4) is 0 Å². The van der Waals surface area contributed by atoms with Crippen LogP contribution in [0, 0.1) is 6.92 Å². The predicted octanol–water partition coefficient (Wildman–Crippen LogP) is 1.11. The number of hydrogen-bond donors (Lipinski definition) is 3. The van der Waals surface area contributed by atoms with Crippen molar-refractivity contribution in [1.82, 2.24) is 10.2 Å². The van der Waals surface area contributed by atoms with Gasteiger partial charge in [0.15, 0.2) is 0 Å². The molecule has 0 radical (unpaired) electrons. The van der Waals surface area contributed by atoms with E-state index < -0.39 is 10.0 Å². The van der Waals surface area contributed by atoms with Crippen LogP contribution in [-0.2, 0) is 10.0 Å². The Kier molecular flexibility index (Phi) is 3.34. The lowest BCUT2D eigenvalue weighted by atomic mass is 10.3. The summed E-state index contributed by atoms with van der Waals surface area (Å²) in [6, 6.07) is 4.26. The van der Waals surface area contributed by atoms with Crippen molar-refractivity contribution in [2.24, 2.45) is 0 Å². The Labute approximate surface area is 110 Å². The Morgan fingerprint density at radius 2 is 2.16 bits per heavy atom. The smallest absolute Gasteiger partial charge is 0.263 e. The molecule has 102 valence electrons. The SMILES string of the molecule is COc1ccc(S(=O)(=O)Nc2[nH]ncc2C)cc1N. The van der Waals surface area contributed by atoms with Gasteiger partial charge in [-0.15, -0.1) is 0 Å². The number of aromatic nitrogens is 2.